The molecule has 0 spiro atoms. The summed E-state index contributed by atoms with van der Waals surface area (Å²) >= 11 is 0. The molecule has 1 saturated heterocycles. The smallest absolute Gasteiger partial charge is 0.385 e. The van der Waals surface area contributed by atoms with Crippen molar-refractivity contribution in [1.82, 2.24) is 9.88 Å². The van der Waals surface area contributed by atoms with Gasteiger partial charge in [-0.1, -0.05) is 0 Å². The number of nitrogens with one attached hydrogen (secondary N) is 1. The second kappa shape index (κ2) is 6.32. The average Bonchev–Trinajstić information content (AvgIpc) is 2.47. The number of hydrogen-bond acceptors (Lipinski definition) is 3. The van der Waals surface area contributed by atoms with E-state index in [1.54, 1.807) is 12.3 Å². The van der Waals surface area contributed by atoms with E-state index in [4.69, 9.17) is 0 Å². The number of anilines is 1. The minimum absolute atomic E-state index is 0.0357. The molecule has 1 N–H and O–H groups in total. The van der Waals surface area contributed by atoms with Gasteiger partial charge in [0.15, 0.2) is 0 Å². The molecule has 1 aromatic rings. The first-order chi connectivity index (χ1) is 9.93. The summed E-state index contributed by atoms with van der Waals surface area (Å²) in [6.45, 7) is 2.82. The summed E-state index contributed by atoms with van der Waals surface area (Å²) in [6.07, 6.45) is -1.21. The van der Waals surface area contributed by atoms with E-state index in [1.165, 1.54) is 11.1 Å². The zero-order chi connectivity index (χ0) is 15.5. The largest absolute Gasteiger partial charge is 0.391 e. The number of amides is 1. The van der Waals surface area contributed by atoms with Gasteiger partial charge in [0.25, 0.3) is 5.91 Å². The molecule has 2 rings (SSSR count). The monoisotopic (exact) mass is 301 g/mol. The van der Waals surface area contributed by atoms with Gasteiger partial charge in [-0.2, -0.15) is 13.2 Å². The van der Waals surface area contributed by atoms with Crippen molar-refractivity contribution >= 4 is 11.6 Å². The molecule has 0 bridgehead atoms. The molecule has 21 heavy (non-hydrogen) atoms. The molecule has 116 valence electrons. The van der Waals surface area contributed by atoms with Gasteiger partial charge in [0.05, 0.1) is 17.2 Å². The van der Waals surface area contributed by atoms with Crippen molar-refractivity contribution in [2.24, 2.45) is 5.92 Å². The number of carbonyl (C=O) groups is 1. The maximum Gasteiger partial charge on any atom is 0.391 e. The third kappa shape index (κ3) is 3.65. The zero-order valence-corrected chi connectivity index (χ0v) is 11.8. The standard InChI is InChI=1S/C14H18F3N3O/c1-2-19-12-3-6-18-9-11(12)13(21)20-7-4-10(5-8-20)14(15,16)17/h3,6,9-10H,2,4-5,7-8H2,1H3,(H,18,19). The molecular weight excluding hydrogens is 283 g/mol. The number of pyridine rings is 1. The Hall–Kier alpha value is -1.79. The highest BCUT2D eigenvalue weighted by Crippen LogP contribution is 2.34. The highest BCUT2D eigenvalue weighted by atomic mass is 19.4. The van der Waals surface area contributed by atoms with Crippen molar-refractivity contribution in [2.45, 2.75) is 25.9 Å². The lowest BCUT2D eigenvalue weighted by atomic mass is 9.96. The van der Waals surface area contributed by atoms with E-state index >= 15 is 0 Å². The normalized spacial score (nSPS) is 16.9. The van der Waals surface area contributed by atoms with Crippen molar-refractivity contribution in [3.8, 4) is 0 Å². The highest BCUT2D eigenvalue weighted by molar-refractivity contribution is 5.99. The van der Waals surface area contributed by atoms with Crippen molar-refractivity contribution in [2.75, 3.05) is 25.0 Å². The number of rotatable bonds is 3. The van der Waals surface area contributed by atoms with Crippen LogP contribution in [-0.4, -0.2) is 41.6 Å². The Labute approximate surface area is 121 Å². The van der Waals surface area contributed by atoms with Crippen LogP contribution in [-0.2, 0) is 0 Å². The zero-order valence-electron chi connectivity index (χ0n) is 11.8. The molecule has 0 aliphatic carbocycles. The summed E-state index contributed by atoms with van der Waals surface area (Å²) < 4.78 is 37.9. The summed E-state index contributed by atoms with van der Waals surface area (Å²) in [5, 5.41) is 3.06. The van der Waals surface area contributed by atoms with Gasteiger partial charge >= 0.3 is 6.18 Å². The molecule has 4 nitrogen and oxygen atoms in total. The predicted octanol–water partition coefficient (Wildman–Crippen LogP) is 2.93. The Morgan fingerprint density at radius 1 is 1.43 bits per heavy atom. The third-order valence-corrected chi connectivity index (χ3v) is 3.66. The summed E-state index contributed by atoms with van der Waals surface area (Å²) in [5.74, 6) is -1.57. The highest BCUT2D eigenvalue weighted by Gasteiger charge is 2.41. The molecular formula is C14H18F3N3O. The Kier molecular flexibility index (Phi) is 4.69. The van der Waals surface area contributed by atoms with Gasteiger partial charge in [-0.05, 0) is 25.8 Å². The molecule has 1 aliphatic heterocycles. The Morgan fingerprint density at radius 2 is 2.10 bits per heavy atom. The Balaban J connectivity index is 2.06. The molecule has 1 aromatic heterocycles. The second-order valence-electron chi connectivity index (χ2n) is 5.06. The second-order valence-corrected chi connectivity index (χ2v) is 5.06. The van der Waals surface area contributed by atoms with Gasteiger partial charge < -0.3 is 10.2 Å². The van der Waals surface area contributed by atoms with E-state index in [1.807, 2.05) is 6.92 Å². The van der Waals surface area contributed by atoms with Crippen molar-refractivity contribution < 1.29 is 18.0 Å². The molecule has 0 unspecified atom stereocenters. The van der Waals surface area contributed by atoms with Crippen LogP contribution in [0.2, 0.25) is 0 Å². The van der Waals surface area contributed by atoms with Crippen LogP contribution in [0.5, 0.6) is 0 Å². The van der Waals surface area contributed by atoms with E-state index in [2.05, 4.69) is 10.3 Å². The average molecular weight is 301 g/mol. The van der Waals surface area contributed by atoms with Gasteiger partial charge in [-0.3, -0.25) is 9.78 Å². The Bertz CT molecular complexity index is 496. The van der Waals surface area contributed by atoms with Crippen molar-refractivity contribution in [3.63, 3.8) is 0 Å². The predicted molar refractivity (Wildman–Crippen MR) is 73.1 cm³/mol. The van der Waals surface area contributed by atoms with Crippen molar-refractivity contribution in [1.29, 1.82) is 0 Å². The molecule has 0 aromatic carbocycles. The number of nitrogens with zero attached hydrogens (tertiary/aromatic N) is 2. The van der Waals surface area contributed by atoms with Crippen LogP contribution in [0, 0.1) is 5.92 Å². The van der Waals surface area contributed by atoms with E-state index in [0.717, 1.165) is 0 Å². The molecule has 0 atom stereocenters. The molecule has 0 radical (unpaired) electrons. The number of halogens is 3. The fourth-order valence-electron chi connectivity index (χ4n) is 2.49. The van der Waals surface area contributed by atoms with Crippen LogP contribution in [0.25, 0.3) is 0 Å². The van der Waals surface area contributed by atoms with Crippen LogP contribution in [0.15, 0.2) is 18.5 Å². The molecule has 1 amide bonds. The molecule has 1 aliphatic rings. The van der Waals surface area contributed by atoms with E-state index in [-0.39, 0.29) is 31.8 Å². The molecule has 1 fully saturated rings. The van der Waals surface area contributed by atoms with Crippen LogP contribution < -0.4 is 5.32 Å². The third-order valence-electron chi connectivity index (χ3n) is 3.66. The molecule has 0 saturated carbocycles. The SMILES string of the molecule is CCNc1ccncc1C(=O)N1CCC(C(F)(F)F)CC1. The number of hydrogen-bond donors (Lipinski definition) is 1. The summed E-state index contributed by atoms with van der Waals surface area (Å²) in [7, 11) is 0. The fraction of sp³-hybridized carbons (Fsp3) is 0.571. The summed E-state index contributed by atoms with van der Waals surface area (Å²) in [5.41, 5.74) is 1.07. The molecule has 2 heterocycles. The Morgan fingerprint density at radius 3 is 2.67 bits per heavy atom. The topological polar surface area (TPSA) is 45.2 Å². The van der Waals surface area contributed by atoms with E-state index in [0.29, 0.717) is 17.8 Å². The van der Waals surface area contributed by atoms with Gasteiger partial charge in [-0.25, -0.2) is 0 Å². The summed E-state index contributed by atoms with van der Waals surface area (Å²) in [6, 6.07) is 1.69. The lowest BCUT2D eigenvalue weighted by Crippen LogP contribution is -2.42. The van der Waals surface area contributed by atoms with Gasteiger partial charge in [0.1, 0.15) is 0 Å². The van der Waals surface area contributed by atoms with Crippen LogP contribution >= 0.6 is 0 Å². The summed E-state index contributed by atoms with van der Waals surface area (Å²) in [4.78, 5) is 17.8. The first-order valence-electron chi connectivity index (χ1n) is 6.97. The van der Waals surface area contributed by atoms with E-state index in [9.17, 15) is 18.0 Å². The fourth-order valence-corrected chi connectivity index (χ4v) is 2.49. The number of aromatic nitrogens is 1. The number of alkyl halides is 3. The first-order valence-corrected chi connectivity index (χ1v) is 6.97. The van der Waals surface area contributed by atoms with Crippen molar-refractivity contribution in [3.05, 3.63) is 24.0 Å². The maximum atomic E-state index is 12.6. The van der Waals surface area contributed by atoms with Crippen LogP contribution in [0.4, 0.5) is 18.9 Å². The minimum Gasteiger partial charge on any atom is -0.385 e. The lowest BCUT2D eigenvalue weighted by Gasteiger charge is -2.33. The number of carbonyl (C=O) groups excluding carboxylic acids is 1. The van der Waals surface area contributed by atoms with Gasteiger partial charge in [-0.15, -0.1) is 0 Å². The number of piperidine rings is 1. The quantitative estimate of drug-likeness (QED) is 0.933. The van der Waals surface area contributed by atoms with Crippen LogP contribution in [0.3, 0.4) is 0 Å². The van der Waals surface area contributed by atoms with Gasteiger partial charge in [0.2, 0.25) is 0 Å². The first kappa shape index (κ1) is 15.6. The van der Waals surface area contributed by atoms with Gasteiger partial charge in [0, 0.05) is 32.0 Å². The van der Waals surface area contributed by atoms with Crippen LogP contribution in [0.1, 0.15) is 30.1 Å². The van der Waals surface area contributed by atoms with E-state index < -0.39 is 12.1 Å². The maximum absolute atomic E-state index is 12.6. The minimum atomic E-state index is -4.17. The molecule has 7 heteroatoms. The lowest BCUT2D eigenvalue weighted by molar-refractivity contribution is -0.183. The number of likely N-dealkylation sites (tertiary alicyclic amines) is 1.